The van der Waals surface area contributed by atoms with Crippen LogP contribution in [-0.4, -0.2) is 36.6 Å². The predicted octanol–water partition coefficient (Wildman–Crippen LogP) is 3.46. The Morgan fingerprint density at radius 2 is 2.23 bits per heavy atom. The van der Waals surface area contributed by atoms with E-state index in [0.717, 1.165) is 24.1 Å². The van der Waals surface area contributed by atoms with Crippen molar-refractivity contribution in [3.8, 4) is 0 Å². The topological polar surface area (TPSA) is 58.6 Å². The molecule has 120 valence electrons. The van der Waals surface area contributed by atoms with Crippen LogP contribution >= 0.6 is 11.6 Å². The zero-order chi connectivity index (χ0) is 16.1. The first-order chi connectivity index (χ1) is 10.5. The normalized spacial score (nSPS) is 18.0. The summed E-state index contributed by atoms with van der Waals surface area (Å²) < 4.78 is 5.00. The molecule has 22 heavy (non-hydrogen) atoms. The molecular weight excluding hydrogens is 304 g/mol. The molecule has 0 radical (unpaired) electrons. The van der Waals surface area contributed by atoms with Crippen LogP contribution in [0.5, 0.6) is 0 Å². The summed E-state index contributed by atoms with van der Waals surface area (Å²) in [7, 11) is 0. The van der Waals surface area contributed by atoms with Gasteiger partial charge >= 0.3 is 6.09 Å². The van der Waals surface area contributed by atoms with Crippen molar-refractivity contribution >= 4 is 29.3 Å². The van der Waals surface area contributed by atoms with Gasteiger partial charge in [-0.3, -0.25) is 4.79 Å². The first-order valence-electron chi connectivity index (χ1n) is 7.50. The molecule has 0 spiro atoms. The molecule has 1 saturated heterocycles. The predicted molar refractivity (Wildman–Crippen MR) is 86.1 cm³/mol. The van der Waals surface area contributed by atoms with Crippen molar-refractivity contribution in [2.75, 3.05) is 25.0 Å². The molecule has 0 aliphatic carbocycles. The average Bonchev–Trinajstić information content (AvgIpc) is 2.50. The molecule has 1 aliphatic rings. The summed E-state index contributed by atoms with van der Waals surface area (Å²) in [6, 6.07) is 5.35. The molecule has 0 saturated carbocycles. The van der Waals surface area contributed by atoms with E-state index < -0.39 is 0 Å². The zero-order valence-electron chi connectivity index (χ0n) is 12.9. The van der Waals surface area contributed by atoms with Crippen LogP contribution in [0, 0.1) is 12.8 Å². The number of halogens is 1. The number of likely N-dealkylation sites (tertiary alicyclic amines) is 1. The lowest BCUT2D eigenvalue weighted by Gasteiger charge is -2.31. The lowest BCUT2D eigenvalue weighted by atomic mass is 9.97. The van der Waals surface area contributed by atoms with Crippen molar-refractivity contribution in [3.05, 3.63) is 28.8 Å². The zero-order valence-corrected chi connectivity index (χ0v) is 13.7. The van der Waals surface area contributed by atoms with Crippen LogP contribution < -0.4 is 5.32 Å². The van der Waals surface area contributed by atoms with Gasteiger partial charge in [0.1, 0.15) is 0 Å². The minimum atomic E-state index is -0.345. The summed E-state index contributed by atoms with van der Waals surface area (Å²) >= 11 is 5.92. The molecule has 0 bridgehead atoms. The number of rotatable bonds is 3. The SMILES string of the molecule is CCOC(=O)N1CCCC(C(=O)Nc2ccc(Cl)cc2C)C1. The molecule has 1 N–H and O–H groups in total. The summed E-state index contributed by atoms with van der Waals surface area (Å²) in [5, 5.41) is 3.56. The molecule has 1 aromatic rings. The fraction of sp³-hybridized carbons (Fsp3) is 0.500. The maximum Gasteiger partial charge on any atom is 0.409 e. The monoisotopic (exact) mass is 324 g/mol. The van der Waals surface area contributed by atoms with Gasteiger partial charge in [-0.1, -0.05) is 11.6 Å². The number of ether oxygens (including phenoxy) is 1. The maximum absolute atomic E-state index is 12.4. The highest BCUT2D eigenvalue weighted by Crippen LogP contribution is 2.23. The quantitative estimate of drug-likeness (QED) is 0.926. The molecule has 6 heteroatoms. The number of anilines is 1. The summed E-state index contributed by atoms with van der Waals surface area (Å²) in [6.07, 6.45) is 1.23. The van der Waals surface area contributed by atoms with E-state index in [0.29, 0.717) is 24.7 Å². The second-order valence-electron chi connectivity index (χ2n) is 5.43. The summed E-state index contributed by atoms with van der Waals surface area (Å²) in [5.41, 5.74) is 1.67. The standard InChI is InChI=1S/C16H21ClN2O3/c1-3-22-16(21)19-8-4-5-12(10-19)15(20)18-14-7-6-13(17)9-11(14)2/h6-7,9,12H,3-5,8,10H2,1-2H3,(H,18,20). The number of nitrogens with zero attached hydrogens (tertiary/aromatic N) is 1. The van der Waals surface area contributed by atoms with Gasteiger partial charge in [0.2, 0.25) is 5.91 Å². The number of hydrogen-bond donors (Lipinski definition) is 1. The molecule has 1 atom stereocenters. The number of aryl methyl sites for hydroxylation is 1. The Labute approximate surface area is 135 Å². The third-order valence-corrected chi connectivity index (χ3v) is 4.00. The van der Waals surface area contributed by atoms with E-state index in [4.69, 9.17) is 16.3 Å². The number of benzene rings is 1. The number of nitrogens with one attached hydrogen (secondary N) is 1. The van der Waals surface area contributed by atoms with Crippen LogP contribution in [0.15, 0.2) is 18.2 Å². The van der Waals surface area contributed by atoms with E-state index in [-0.39, 0.29) is 17.9 Å². The molecule has 1 aromatic carbocycles. The summed E-state index contributed by atoms with van der Waals surface area (Å²) in [6.45, 7) is 5.05. The average molecular weight is 325 g/mol. The maximum atomic E-state index is 12.4. The van der Waals surface area contributed by atoms with E-state index in [2.05, 4.69) is 5.32 Å². The number of hydrogen-bond acceptors (Lipinski definition) is 3. The Balaban J connectivity index is 1.98. The molecule has 5 nitrogen and oxygen atoms in total. The van der Waals surface area contributed by atoms with Gasteiger partial charge in [-0.05, 0) is 50.5 Å². The first kappa shape index (κ1) is 16.6. The first-order valence-corrected chi connectivity index (χ1v) is 7.87. The van der Waals surface area contributed by atoms with Gasteiger partial charge in [-0.15, -0.1) is 0 Å². The smallest absolute Gasteiger partial charge is 0.409 e. The number of carbonyl (C=O) groups excluding carboxylic acids is 2. The molecule has 1 unspecified atom stereocenters. The van der Waals surface area contributed by atoms with Gasteiger partial charge in [0.15, 0.2) is 0 Å². The third kappa shape index (κ3) is 4.13. The molecule has 1 aliphatic heterocycles. The fourth-order valence-corrected chi connectivity index (χ4v) is 2.80. The van der Waals surface area contributed by atoms with Crippen LogP contribution in [-0.2, 0) is 9.53 Å². The van der Waals surface area contributed by atoms with E-state index >= 15 is 0 Å². The van der Waals surface area contributed by atoms with Crippen LogP contribution in [0.3, 0.4) is 0 Å². The lowest BCUT2D eigenvalue weighted by molar-refractivity contribution is -0.121. The molecular formula is C16H21ClN2O3. The van der Waals surface area contributed by atoms with Crippen LogP contribution in [0.4, 0.5) is 10.5 Å². The summed E-state index contributed by atoms with van der Waals surface area (Å²) in [5.74, 6) is -0.285. The van der Waals surface area contributed by atoms with Crippen molar-refractivity contribution in [3.63, 3.8) is 0 Å². The Kier molecular flexibility index (Phi) is 5.66. The van der Waals surface area contributed by atoms with Crippen LogP contribution in [0.25, 0.3) is 0 Å². The lowest BCUT2D eigenvalue weighted by Crippen LogP contribution is -2.44. The van der Waals surface area contributed by atoms with E-state index in [1.165, 1.54) is 0 Å². The molecule has 2 rings (SSSR count). The largest absolute Gasteiger partial charge is 0.450 e. The minimum Gasteiger partial charge on any atom is -0.450 e. The highest BCUT2D eigenvalue weighted by Gasteiger charge is 2.29. The molecule has 1 fully saturated rings. The second-order valence-corrected chi connectivity index (χ2v) is 5.87. The Morgan fingerprint density at radius 1 is 1.45 bits per heavy atom. The number of piperidine rings is 1. The summed E-state index contributed by atoms with van der Waals surface area (Å²) in [4.78, 5) is 25.8. The van der Waals surface area contributed by atoms with Crippen molar-refractivity contribution in [1.82, 2.24) is 4.90 Å². The Morgan fingerprint density at radius 3 is 2.91 bits per heavy atom. The van der Waals surface area contributed by atoms with Crippen molar-refractivity contribution in [1.29, 1.82) is 0 Å². The molecule has 0 aromatic heterocycles. The third-order valence-electron chi connectivity index (χ3n) is 3.76. The highest BCUT2D eigenvalue weighted by atomic mass is 35.5. The van der Waals surface area contributed by atoms with Crippen molar-refractivity contribution in [2.45, 2.75) is 26.7 Å². The molecule has 1 heterocycles. The van der Waals surface area contributed by atoms with Gasteiger partial charge in [-0.2, -0.15) is 0 Å². The van der Waals surface area contributed by atoms with Crippen LogP contribution in [0.2, 0.25) is 5.02 Å². The molecule has 2 amide bonds. The van der Waals surface area contributed by atoms with E-state index in [9.17, 15) is 9.59 Å². The van der Waals surface area contributed by atoms with Gasteiger partial charge in [-0.25, -0.2) is 4.79 Å². The van der Waals surface area contributed by atoms with Gasteiger partial charge < -0.3 is 15.0 Å². The van der Waals surface area contributed by atoms with E-state index in [1.807, 2.05) is 13.0 Å². The van der Waals surface area contributed by atoms with E-state index in [1.54, 1.807) is 24.0 Å². The van der Waals surface area contributed by atoms with Gasteiger partial charge in [0, 0.05) is 23.8 Å². The number of carbonyl (C=O) groups is 2. The fourth-order valence-electron chi connectivity index (χ4n) is 2.57. The van der Waals surface area contributed by atoms with Crippen molar-refractivity contribution in [2.24, 2.45) is 5.92 Å². The second kappa shape index (κ2) is 7.49. The Hall–Kier alpha value is -1.75. The van der Waals surface area contributed by atoms with Crippen molar-refractivity contribution < 1.29 is 14.3 Å². The highest BCUT2D eigenvalue weighted by molar-refractivity contribution is 6.30. The van der Waals surface area contributed by atoms with Gasteiger partial charge in [0.05, 0.1) is 12.5 Å². The number of amides is 2. The minimum absolute atomic E-state index is 0.0700. The van der Waals surface area contributed by atoms with Crippen LogP contribution in [0.1, 0.15) is 25.3 Å². The Bertz CT molecular complexity index is 562. The van der Waals surface area contributed by atoms with Gasteiger partial charge in [0.25, 0.3) is 0 Å².